The van der Waals surface area contributed by atoms with E-state index in [-0.39, 0.29) is 11.6 Å². The van der Waals surface area contributed by atoms with Crippen LogP contribution in [0.15, 0.2) is 29.4 Å². The molecule has 1 rings (SSSR count). The molecule has 1 amide bonds. The number of nitrogens with one attached hydrogen (secondary N) is 2. The maximum atomic E-state index is 11.6. The van der Waals surface area contributed by atoms with Gasteiger partial charge in [0.05, 0.1) is 5.69 Å². The van der Waals surface area contributed by atoms with Gasteiger partial charge < -0.3 is 5.32 Å². The van der Waals surface area contributed by atoms with Gasteiger partial charge in [-0.3, -0.25) is 10.2 Å². The summed E-state index contributed by atoms with van der Waals surface area (Å²) in [5.41, 5.74) is 3.28. The van der Waals surface area contributed by atoms with Crippen LogP contribution in [0.25, 0.3) is 0 Å². The molecule has 0 radical (unpaired) electrons. The molecule has 90 valence electrons. The highest BCUT2D eigenvalue weighted by Gasteiger charge is 2.04. The zero-order chi connectivity index (χ0) is 13.4. The molecule has 2 N–H and O–H groups in total. The molecule has 0 aliphatic rings. The third-order valence-electron chi connectivity index (χ3n) is 1.97. The SMILES string of the molecule is CCNC(=O)c1cccc(NN=C(C#N)C#N)c1. The quantitative estimate of drug-likeness (QED) is 0.611. The predicted octanol–water partition coefficient (Wildman–Crippen LogP) is 1.25. The molecule has 0 atom stereocenters. The summed E-state index contributed by atoms with van der Waals surface area (Å²) in [7, 11) is 0. The number of carbonyl (C=O) groups excluding carboxylic acids is 1. The van der Waals surface area contributed by atoms with Crippen LogP contribution in [0.4, 0.5) is 5.69 Å². The molecule has 0 aliphatic heterocycles. The molecule has 0 aromatic heterocycles. The van der Waals surface area contributed by atoms with E-state index in [0.717, 1.165) is 0 Å². The van der Waals surface area contributed by atoms with E-state index >= 15 is 0 Å². The van der Waals surface area contributed by atoms with Crippen LogP contribution in [-0.4, -0.2) is 18.2 Å². The van der Waals surface area contributed by atoms with Gasteiger partial charge in [0.15, 0.2) is 0 Å². The molecule has 6 heteroatoms. The first kappa shape index (κ1) is 13.2. The number of nitrogens with zero attached hydrogens (tertiary/aromatic N) is 3. The fourth-order valence-electron chi connectivity index (χ4n) is 1.19. The number of nitriles is 2. The van der Waals surface area contributed by atoms with Crippen LogP contribution in [0.3, 0.4) is 0 Å². The van der Waals surface area contributed by atoms with Crippen molar-refractivity contribution >= 4 is 17.3 Å². The van der Waals surface area contributed by atoms with E-state index in [4.69, 9.17) is 10.5 Å². The van der Waals surface area contributed by atoms with E-state index < -0.39 is 0 Å². The Hall–Kier alpha value is -2.86. The maximum absolute atomic E-state index is 11.6. The Balaban J connectivity index is 2.84. The third kappa shape index (κ3) is 3.62. The number of benzene rings is 1. The molecule has 18 heavy (non-hydrogen) atoms. The second-order valence-corrected chi connectivity index (χ2v) is 3.24. The largest absolute Gasteiger partial charge is 0.352 e. The van der Waals surface area contributed by atoms with E-state index in [1.807, 2.05) is 6.92 Å². The molecule has 0 fully saturated rings. The van der Waals surface area contributed by atoms with E-state index in [9.17, 15) is 4.79 Å². The minimum Gasteiger partial charge on any atom is -0.352 e. The molecular formula is C12H11N5O. The summed E-state index contributed by atoms with van der Waals surface area (Å²) in [4.78, 5) is 11.6. The minimum absolute atomic E-state index is 0.189. The first-order valence-electron chi connectivity index (χ1n) is 5.23. The number of hydrazone groups is 1. The summed E-state index contributed by atoms with van der Waals surface area (Å²) in [6.07, 6.45) is 0. The van der Waals surface area contributed by atoms with Crippen LogP contribution in [-0.2, 0) is 0 Å². The van der Waals surface area contributed by atoms with Crippen LogP contribution in [0.2, 0.25) is 0 Å². The predicted molar refractivity (Wildman–Crippen MR) is 66.7 cm³/mol. The summed E-state index contributed by atoms with van der Waals surface area (Å²) >= 11 is 0. The van der Waals surface area contributed by atoms with Crippen molar-refractivity contribution in [3.05, 3.63) is 29.8 Å². The standard InChI is InChI=1S/C12H11N5O/c1-2-15-12(18)9-4-3-5-10(6-9)16-17-11(7-13)8-14/h3-6,16H,2H2,1H3,(H,15,18). The molecule has 0 spiro atoms. The monoisotopic (exact) mass is 241 g/mol. The smallest absolute Gasteiger partial charge is 0.251 e. The number of carbonyl (C=O) groups is 1. The summed E-state index contributed by atoms with van der Waals surface area (Å²) in [5, 5.41) is 23.3. The fraction of sp³-hybridized carbons (Fsp3) is 0.167. The normalized spacial score (nSPS) is 8.61. The Morgan fingerprint density at radius 3 is 2.72 bits per heavy atom. The van der Waals surface area contributed by atoms with Crippen LogP contribution >= 0.6 is 0 Å². The molecule has 6 nitrogen and oxygen atoms in total. The number of anilines is 1. The van der Waals surface area contributed by atoms with Gasteiger partial charge >= 0.3 is 0 Å². The van der Waals surface area contributed by atoms with E-state index in [1.54, 1.807) is 36.4 Å². The van der Waals surface area contributed by atoms with Crippen molar-refractivity contribution in [1.29, 1.82) is 10.5 Å². The van der Waals surface area contributed by atoms with E-state index in [1.165, 1.54) is 0 Å². The minimum atomic E-state index is -0.279. The van der Waals surface area contributed by atoms with E-state index in [0.29, 0.717) is 17.8 Å². The Bertz CT molecular complexity index is 534. The van der Waals surface area contributed by atoms with Gasteiger partial charge in [-0.2, -0.15) is 15.6 Å². The Morgan fingerprint density at radius 1 is 1.39 bits per heavy atom. The van der Waals surface area contributed by atoms with Crippen molar-refractivity contribution in [3.63, 3.8) is 0 Å². The van der Waals surface area contributed by atoms with Gasteiger partial charge in [-0.25, -0.2) is 0 Å². The van der Waals surface area contributed by atoms with Crippen LogP contribution in [0, 0.1) is 22.7 Å². The maximum Gasteiger partial charge on any atom is 0.251 e. The summed E-state index contributed by atoms with van der Waals surface area (Å²) in [6.45, 7) is 2.37. The fourth-order valence-corrected chi connectivity index (χ4v) is 1.19. The highest BCUT2D eigenvalue weighted by molar-refractivity contribution is 6.10. The average Bonchev–Trinajstić information content (AvgIpc) is 2.40. The highest BCUT2D eigenvalue weighted by atomic mass is 16.1. The van der Waals surface area contributed by atoms with Crippen LogP contribution in [0.1, 0.15) is 17.3 Å². The van der Waals surface area contributed by atoms with Crippen molar-refractivity contribution in [2.45, 2.75) is 6.92 Å². The second kappa shape index (κ2) is 6.66. The first-order chi connectivity index (χ1) is 8.71. The zero-order valence-corrected chi connectivity index (χ0v) is 9.77. The van der Waals surface area contributed by atoms with Crippen molar-refractivity contribution in [1.82, 2.24) is 5.32 Å². The molecule has 0 unspecified atom stereocenters. The van der Waals surface area contributed by atoms with Crippen molar-refractivity contribution in [3.8, 4) is 12.1 Å². The summed E-state index contributed by atoms with van der Waals surface area (Å²) < 4.78 is 0. The summed E-state index contributed by atoms with van der Waals surface area (Å²) in [6, 6.07) is 9.86. The number of hydrogen-bond acceptors (Lipinski definition) is 5. The van der Waals surface area contributed by atoms with Gasteiger partial charge in [0, 0.05) is 12.1 Å². The van der Waals surface area contributed by atoms with Crippen molar-refractivity contribution in [2.75, 3.05) is 12.0 Å². The van der Waals surface area contributed by atoms with Crippen molar-refractivity contribution < 1.29 is 4.79 Å². The molecule has 0 aliphatic carbocycles. The van der Waals surface area contributed by atoms with Crippen LogP contribution < -0.4 is 10.7 Å². The number of amides is 1. The molecule has 0 bridgehead atoms. The molecule has 0 saturated heterocycles. The Morgan fingerprint density at radius 2 is 2.11 bits per heavy atom. The lowest BCUT2D eigenvalue weighted by Gasteiger charge is -2.04. The number of rotatable bonds is 4. The van der Waals surface area contributed by atoms with Gasteiger partial charge in [-0.1, -0.05) is 6.07 Å². The second-order valence-electron chi connectivity index (χ2n) is 3.24. The van der Waals surface area contributed by atoms with Gasteiger partial charge in [0.25, 0.3) is 5.91 Å². The molecule has 0 saturated carbocycles. The third-order valence-corrected chi connectivity index (χ3v) is 1.97. The van der Waals surface area contributed by atoms with Gasteiger partial charge in [-0.15, -0.1) is 0 Å². The van der Waals surface area contributed by atoms with Gasteiger partial charge in [0.1, 0.15) is 12.1 Å². The van der Waals surface area contributed by atoms with Gasteiger partial charge in [-0.05, 0) is 25.1 Å². The molecule has 0 heterocycles. The average molecular weight is 241 g/mol. The van der Waals surface area contributed by atoms with E-state index in [2.05, 4.69) is 15.8 Å². The molecule has 1 aromatic carbocycles. The lowest BCUT2D eigenvalue weighted by Crippen LogP contribution is -2.22. The summed E-state index contributed by atoms with van der Waals surface area (Å²) in [5.74, 6) is -0.189. The first-order valence-corrected chi connectivity index (χ1v) is 5.23. The molecular weight excluding hydrogens is 230 g/mol. The van der Waals surface area contributed by atoms with Gasteiger partial charge in [0.2, 0.25) is 5.71 Å². The lowest BCUT2D eigenvalue weighted by atomic mass is 10.2. The topological polar surface area (TPSA) is 101 Å². The van der Waals surface area contributed by atoms with Crippen LogP contribution in [0.5, 0.6) is 0 Å². The Kier molecular flexibility index (Phi) is 4.89. The Labute approximate surface area is 105 Å². The lowest BCUT2D eigenvalue weighted by molar-refractivity contribution is 0.0956. The molecule has 1 aromatic rings. The number of hydrogen-bond donors (Lipinski definition) is 2. The van der Waals surface area contributed by atoms with Crippen molar-refractivity contribution in [2.24, 2.45) is 5.10 Å². The zero-order valence-electron chi connectivity index (χ0n) is 9.77. The highest BCUT2D eigenvalue weighted by Crippen LogP contribution is 2.10.